The van der Waals surface area contributed by atoms with Crippen LogP contribution in [0.1, 0.15) is 28.3 Å². The number of aryl methyl sites for hydroxylation is 3. The van der Waals surface area contributed by atoms with Crippen molar-refractivity contribution in [1.82, 2.24) is 20.0 Å². The number of rotatable bonds is 6. The molecule has 1 saturated heterocycles. The summed E-state index contributed by atoms with van der Waals surface area (Å²) in [4.78, 5) is 32.4. The molecule has 1 aromatic carbocycles. The van der Waals surface area contributed by atoms with Crippen LogP contribution in [-0.2, 0) is 9.53 Å². The molecule has 3 aliphatic rings. The highest BCUT2D eigenvalue weighted by atomic mass is 16.5. The first-order valence-electron chi connectivity index (χ1n) is 11.0. The highest BCUT2D eigenvalue weighted by Crippen LogP contribution is 2.37. The lowest BCUT2D eigenvalue weighted by atomic mass is 9.90. The van der Waals surface area contributed by atoms with E-state index in [1.165, 1.54) is 5.56 Å². The molecular weight excluding hydrogens is 392 g/mol. The van der Waals surface area contributed by atoms with Crippen LogP contribution in [0, 0.1) is 20.8 Å². The van der Waals surface area contributed by atoms with Crippen molar-refractivity contribution < 1.29 is 14.3 Å². The summed E-state index contributed by atoms with van der Waals surface area (Å²) >= 11 is 0. The fraction of sp³-hybridized carbons (Fsp3) is 0.500. The Morgan fingerprint density at radius 1 is 1.10 bits per heavy atom. The van der Waals surface area contributed by atoms with Gasteiger partial charge in [-0.15, -0.1) is 6.58 Å². The van der Waals surface area contributed by atoms with E-state index in [-0.39, 0.29) is 11.9 Å². The average Bonchev–Trinajstić information content (AvgIpc) is 3.08. The summed E-state index contributed by atoms with van der Waals surface area (Å²) in [5.41, 5.74) is 5.92. The Labute approximate surface area is 184 Å². The van der Waals surface area contributed by atoms with E-state index in [9.17, 15) is 9.59 Å². The minimum atomic E-state index is -0.427. The topological polar surface area (TPSA) is 65.1 Å². The SMILES string of the molecule is C=CCN1C(=O)NC(c2cc(C)c(C)cc2C)C2=C1CN(CCN1CCOCC1)C2=O. The van der Waals surface area contributed by atoms with Crippen LogP contribution in [0.15, 0.2) is 36.1 Å². The fourth-order valence-corrected chi connectivity index (χ4v) is 4.67. The zero-order valence-corrected chi connectivity index (χ0v) is 18.7. The predicted octanol–water partition coefficient (Wildman–Crippen LogP) is 2.29. The summed E-state index contributed by atoms with van der Waals surface area (Å²) < 4.78 is 5.42. The summed E-state index contributed by atoms with van der Waals surface area (Å²) in [5, 5.41) is 3.09. The van der Waals surface area contributed by atoms with Gasteiger partial charge in [-0.3, -0.25) is 14.6 Å². The highest BCUT2D eigenvalue weighted by molar-refractivity contribution is 6.01. The third kappa shape index (κ3) is 4.12. The Balaban J connectivity index is 1.64. The van der Waals surface area contributed by atoms with Crippen LogP contribution in [0.25, 0.3) is 0 Å². The van der Waals surface area contributed by atoms with E-state index in [0.717, 1.165) is 55.2 Å². The van der Waals surface area contributed by atoms with Gasteiger partial charge in [0.1, 0.15) is 0 Å². The minimum absolute atomic E-state index is 0.0138. The van der Waals surface area contributed by atoms with E-state index < -0.39 is 6.04 Å². The normalized spacial score (nSPS) is 22.1. The van der Waals surface area contributed by atoms with Gasteiger partial charge in [-0.05, 0) is 43.0 Å². The largest absolute Gasteiger partial charge is 0.379 e. The fourth-order valence-electron chi connectivity index (χ4n) is 4.67. The molecule has 1 aromatic rings. The number of ether oxygens (including phenoxy) is 1. The van der Waals surface area contributed by atoms with Crippen molar-refractivity contribution in [3.05, 3.63) is 58.3 Å². The second kappa shape index (κ2) is 8.85. The van der Waals surface area contributed by atoms with Crippen LogP contribution in [0.4, 0.5) is 4.79 Å². The molecule has 0 radical (unpaired) electrons. The van der Waals surface area contributed by atoms with Crippen molar-refractivity contribution >= 4 is 11.9 Å². The van der Waals surface area contributed by atoms with Gasteiger partial charge in [0.25, 0.3) is 5.91 Å². The zero-order valence-electron chi connectivity index (χ0n) is 18.7. The van der Waals surface area contributed by atoms with Crippen molar-refractivity contribution in [3.8, 4) is 0 Å². The number of nitrogens with one attached hydrogen (secondary N) is 1. The summed E-state index contributed by atoms with van der Waals surface area (Å²) in [6.45, 7) is 15.5. The molecule has 3 heterocycles. The number of hydrogen-bond donors (Lipinski definition) is 1. The first kappa shape index (κ1) is 21.6. The number of morpholine rings is 1. The molecule has 0 aromatic heterocycles. The number of nitrogens with zero attached hydrogens (tertiary/aromatic N) is 3. The van der Waals surface area contributed by atoms with Crippen LogP contribution in [0.3, 0.4) is 0 Å². The van der Waals surface area contributed by atoms with Crippen molar-refractivity contribution in [2.24, 2.45) is 0 Å². The molecule has 3 aliphatic heterocycles. The van der Waals surface area contributed by atoms with Crippen LogP contribution in [-0.4, -0.2) is 79.1 Å². The second-order valence-electron chi connectivity index (χ2n) is 8.62. The Morgan fingerprint density at radius 2 is 1.81 bits per heavy atom. The molecule has 1 unspecified atom stereocenters. The molecule has 0 aliphatic carbocycles. The summed E-state index contributed by atoms with van der Waals surface area (Å²) in [7, 11) is 0. The molecule has 7 heteroatoms. The van der Waals surface area contributed by atoms with Crippen LogP contribution < -0.4 is 5.32 Å². The molecule has 1 N–H and O–H groups in total. The molecular formula is C24H32N4O3. The van der Waals surface area contributed by atoms with E-state index in [1.807, 2.05) is 11.8 Å². The molecule has 0 bridgehead atoms. The van der Waals surface area contributed by atoms with Gasteiger partial charge in [0.05, 0.1) is 37.1 Å². The highest BCUT2D eigenvalue weighted by Gasteiger charge is 2.44. The number of urea groups is 1. The lowest BCUT2D eigenvalue weighted by Gasteiger charge is -2.33. The van der Waals surface area contributed by atoms with E-state index in [4.69, 9.17) is 4.74 Å². The lowest BCUT2D eigenvalue weighted by molar-refractivity contribution is -0.126. The molecule has 0 saturated carbocycles. The molecule has 7 nitrogen and oxygen atoms in total. The maximum Gasteiger partial charge on any atom is 0.322 e. The van der Waals surface area contributed by atoms with Gasteiger partial charge in [0.2, 0.25) is 0 Å². The van der Waals surface area contributed by atoms with E-state index >= 15 is 0 Å². The quantitative estimate of drug-likeness (QED) is 0.712. The Hall–Kier alpha value is -2.64. The van der Waals surface area contributed by atoms with Crippen molar-refractivity contribution in [3.63, 3.8) is 0 Å². The molecule has 1 atom stereocenters. The summed E-state index contributed by atoms with van der Waals surface area (Å²) in [6, 6.07) is 3.63. The monoisotopic (exact) mass is 424 g/mol. The smallest absolute Gasteiger partial charge is 0.322 e. The van der Waals surface area contributed by atoms with Gasteiger partial charge in [-0.25, -0.2) is 4.79 Å². The molecule has 0 spiro atoms. The molecule has 4 rings (SSSR count). The van der Waals surface area contributed by atoms with E-state index in [1.54, 1.807) is 11.0 Å². The Kier molecular flexibility index (Phi) is 6.16. The van der Waals surface area contributed by atoms with Crippen LogP contribution >= 0.6 is 0 Å². The predicted molar refractivity (Wildman–Crippen MR) is 120 cm³/mol. The minimum Gasteiger partial charge on any atom is -0.379 e. The number of hydrogen-bond acceptors (Lipinski definition) is 4. The zero-order chi connectivity index (χ0) is 22.1. The Bertz CT molecular complexity index is 933. The average molecular weight is 425 g/mol. The van der Waals surface area contributed by atoms with E-state index in [0.29, 0.717) is 25.2 Å². The van der Waals surface area contributed by atoms with Crippen molar-refractivity contribution in [2.75, 3.05) is 52.5 Å². The van der Waals surface area contributed by atoms with E-state index in [2.05, 4.69) is 42.8 Å². The van der Waals surface area contributed by atoms with Gasteiger partial charge in [-0.1, -0.05) is 18.2 Å². The maximum absolute atomic E-state index is 13.5. The number of carbonyl (C=O) groups is 2. The van der Waals surface area contributed by atoms with Crippen molar-refractivity contribution in [1.29, 1.82) is 0 Å². The van der Waals surface area contributed by atoms with Gasteiger partial charge < -0.3 is 15.0 Å². The Morgan fingerprint density at radius 3 is 2.52 bits per heavy atom. The number of amides is 3. The van der Waals surface area contributed by atoms with Gasteiger partial charge in [0, 0.05) is 32.7 Å². The third-order valence-corrected chi connectivity index (χ3v) is 6.59. The van der Waals surface area contributed by atoms with Gasteiger partial charge in [-0.2, -0.15) is 0 Å². The molecule has 31 heavy (non-hydrogen) atoms. The van der Waals surface area contributed by atoms with Crippen molar-refractivity contribution in [2.45, 2.75) is 26.8 Å². The van der Waals surface area contributed by atoms with Crippen LogP contribution in [0.5, 0.6) is 0 Å². The summed E-state index contributed by atoms with van der Waals surface area (Å²) in [6.07, 6.45) is 1.70. The van der Waals surface area contributed by atoms with Crippen LogP contribution in [0.2, 0.25) is 0 Å². The van der Waals surface area contributed by atoms with Gasteiger partial charge in [0.15, 0.2) is 0 Å². The first-order valence-corrected chi connectivity index (χ1v) is 11.0. The summed E-state index contributed by atoms with van der Waals surface area (Å²) in [5.74, 6) is 0.0138. The number of benzene rings is 1. The standard InChI is InChI=1S/C24H32N4O3/c1-5-6-28-20-15-27(8-7-26-9-11-31-12-10-26)23(29)21(20)22(25-24(28)30)19-14-17(3)16(2)13-18(19)4/h5,13-14,22H,1,6-12,15H2,2-4H3,(H,25,30). The first-order chi connectivity index (χ1) is 14.9. The third-order valence-electron chi connectivity index (χ3n) is 6.59. The molecule has 1 fully saturated rings. The number of carbonyl (C=O) groups excluding carboxylic acids is 2. The lowest BCUT2D eigenvalue weighted by Crippen LogP contribution is -2.47. The molecule has 3 amide bonds. The second-order valence-corrected chi connectivity index (χ2v) is 8.62. The maximum atomic E-state index is 13.5. The van der Waals surface area contributed by atoms with Gasteiger partial charge >= 0.3 is 6.03 Å². The molecule has 166 valence electrons.